The van der Waals surface area contributed by atoms with Crippen molar-refractivity contribution in [2.45, 2.75) is 51.5 Å². The van der Waals surface area contributed by atoms with Crippen LogP contribution < -0.4 is 5.73 Å². The minimum atomic E-state index is 0.170. The number of carbonyl (C=O) groups is 1. The van der Waals surface area contributed by atoms with Crippen molar-refractivity contribution in [2.75, 3.05) is 13.1 Å². The predicted octanol–water partition coefficient (Wildman–Crippen LogP) is 3.00. The highest BCUT2D eigenvalue weighted by molar-refractivity contribution is 5.77. The van der Waals surface area contributed by atoms with Crippen molar-refractivity contribution in [1.82, 2.24) is 4.90 Å². The molecule has 1 amide bonds. The third-order valence-electron chi connectivity index (χ3n) is 4.09. The molecule has 1 fully saturated rings. The highest BCUT2D eigenvalue weighted by Crippen LogP contribution is 2.33. The van der Waals surface area contributed by atoms with Crippen LogP contribution in [0.2, 0.25) is 0 Å². The SMILES string of the molecule is CC(C)(C)c1ccc([C@H]2CCCN2C(=O)CCN)cc1. The van der Waals surface area contributed by atoms with Gasteiger partial charge in [-0.15, -0.1) is 0 Å². The van der Waals surface area contributed by atoms with E-state index in [1.54, 1.807) is 0 Å². The molecule has 0 spiro atoms. The molecule has 2 N–H and O–H groups in total. The first kappa shape index (κ1) is 15.0. The van der Waals surface area contributed by atoms with Gasteiger partial charge < -0.3 is 10.6 Å². The largest absolute Gasteiger partial charge is 0.336 e. The monoisotopic (exact) mass is 274 g/mol. The summed E-state index contributed by atoms with van der Waals surface area (Å²) in [5, 5.41) is 0. The second-order valence-corrected chi connectivity index (χ2v) is 6.66. The van der Waals surface area contributed by atoms with Crippen LogP contribution in [-0.4, -0.2) is 23.9 Å². The van der Waals surface area contributed by atoms with Crippen LogP contribution in [0.5, 0.6) is 0 Å². The molecule has 0 aromatic heterocycles. The zero-order valence-electron chi connectivity index (χ0n) is 12.9. The van der Waals surface area contributed by atoms with Crippen LogP contribution in [0.15, 0.2) is 24.3 Å². The average molecular weight is 274 g/mol. The summed E-state index contributed by atoms with van der Waals surface area (Å²) < 4.78 is 0. The van der Waals surface area contributed by atoms with Crippen molar-refractivity contribution in [3.8, 4) is 0 Å². The van der Waals surface area contributed by atoms with E-state index in [1.165, 1.54) is 11.1 Å². The van der Waals surface area contributed by atoms with Gasteiger partial charge in [0.2, 0.25) is 5.91 Å². The standard InChI is InChI=1S/C17H26N2O/c1-17(2,3)14-8-6-13(7-9-14)15-5-4-12-19(15)16(20)10-11-18/h6-9,15H,4-5,10-12,18H2,1-3H3/t15-/m1/s1. The van der Waals surface area contributed by atoms with Gasteiger partial charge in [-0.25, -0.2) is 0 Å². The topological polar surface area (TPSA) is 46.3 Å². The molecule has 1 saturated heterocycles. The lowest BCUT2D eigenvalue weighted by Crippen LogP contribution is -2.31. The van der Waals surface area contributed by atoms with Crippen LogP contribution in [0.25, 0.3) is 0 Å². The lowest BCUT2D eigenvalue weighted by molar-refractivity contribution is -0.131. The molecular formula is C17H26N2O. The lowest BCUT2D eigenvalue weighted by atomic mass is 9.86. The fourth-order valence-corrected chi connectivity index (χ4v) is 2.88. The van der Waals surface area contributed by atoms with Gasteiger partial charge in [0, 0.05) is 19.5 Å². The van der Waals surface area contributed by atoms with Crippen LogP contribution in [0.1, 0.15) is 57.2 Å². The Bertz CT molecular complexity index is 459. The first-order valence-corrected chi connectivity index (χ1v) is 7.53. The van der Waals surface area contributed by atoms with Crippen LogP contribution in [0.3, 0.4) is 0 Å². The Morgan fingerprint density at radius 3 is 2.50 bits per heavy atom. The van der Waals surface area contributed by atoms with Gasteiger partial charge in [-0.2, -0.15) is 0 Å². The third-order valence-corrected chi connectivity index (χ3v) is 4.09. The van der Waals surface area contributed by atoms with E-state index in [-0.39, 0.29) is 17.4 Å². The summed E-state index contributed by atoms with van der Waals surface area (Å²) in [6.45, 7) is 7.95. The van der Waals surface area contributed by atoms with E-state index >= 15 is 0 Å². The van der Waals surface area contributed by atoms with E-state index in [2.05, 4.69) is 45.0 Å². The summed E-state index contributed by atoms with van der Waals surface area (Å²) >= 11 is 0. The van der Waals surface area contributed by atoms with E-state index in [0.29, 0.717) is 13.0 Å². The number of benzene rings is 1. The minimum absolute atomic E-state index is 0.170. The Kier molecular flexibility index (Phi) is 4.48. The van der Waals surface area contributed by atoms with Gasteiger partial charge in [0.25, 0.3) is 0 Å². The second kappa shape index (κ2) is 5.96. The van der Waals surface area contributed by atoms with E-state index in [1.807, 2.05) is 4.90 Å². The molecule has 0 unspecified atom stereocenters. The molecule has 1 heterocycles. The molecule has 1 aromatic carbocycles. The smallest absolute Gasteiger partial charge is 0.224 e. The molecule has 3 heteroatoms. The summed E-state index contributed by atoms with van der Waals surface area (Å²) in [7, 11) is 0. The second-order valence-electron chi connectivity index (χ2n) is 6.66. The fraction of sp³-hybridized carbons (Fsp3) is 0.588. The summed E-state index contributed by atoms with van der Waals surface area (Å²) in [5.41, 5.74) is 8.25. The molecule has 0 saturated carbocycles. The summed E-state index contributed by atoms with van der Waals surface area (Å²) in [5.74, 6) is 0.190. The molecule has 110 valence electrons. The highest BCUT2D eigenvalue weighted by Gasteiger charge is 2.29. The van der Waals surface area contributed by atoms with E-state index in [4.69, 9.17) is 5.73 Å². The average Bonchev–Trinajstić information content (AvgIpc) is 2.87. The number of nitrogens with two attached hydrogens (primary N) is 1. The number of likely N-dealkylation sites (tertiary alicyclic amines) is 1. The van der Waals surface area contributed by atoms with Crippen LogP contribution in [0.4, 0.5) is 0 Å². The Labute approximate surface area is 122 Å². The summed E-state index contributed by atoms with van der Waals surface area (Å²) in [6.07, 6.45) is 2.60. The third kappa shape index (κ3) is 3.21. The molecule has 0 aliphatic carbocycles. The van der Waals surface area contributed by atoms with Gasteiger partial charge in [0.05, 0.1) is 6.04 Å². The van der Waals surface area contributed by atoms with Gasteiger partial charge in [-0.1, -0.05) is 45.0 Å². The fourth-order valence-electron chi connectivity index (χ4n) is 2.88. The number of carbonyl (C=O) groups excluding carboxylic acids is 1. The van der Waals surface area contributed by atoms with Crippen molar-refractivity contribution in [2.24, 2.45) is 5.73 Å². The number of nitrogens with zero attached hydrogens (tertiary/aromatic N) is 1. The summed E-state index contributed by atoms with van der Waals surface area (Å²) in [4.78, 5) is 14.1. The van der Waals surface area contributed by atoms with Crippen LogP contribution in [0, 0.1) is 0 Å². The zero-order valence-corrected chi connectivity index (χ0v) is 12.9. The molecule has 1 atom stereocenters. The first-order valence-electron chi connectivity index (χ1n) is 7.53. The molecule has 3 nitrogen and oxygen atoms in total. The molecule has 0 radical (unpaired) electrons. The van der Waals surface area contributed by atoms with E-state index in [0.717, 1.165) is 19.4 Å². The number of hydrogen-bond donors (Lipinski definition) is 1. The summed E-state index contributed by atoms with van der Waals surface area (Å²) in [6, 6.07) is 8.99. The Balaban J connectivity index is 2.16. The Morgan fingerprint density at radius 2 is 1.95 bits per heavy atom. The molecule has 20 heavy (non-hydrogen) atoms. The van der Waals surface area contributed by atoms with Crippen molar-refractivity contribution in [3.63, 3.8) is 0 Å². The molecule has 1 aromatic rings. The predicted molar refractivity (Wildman–Crippen MR) is 82.5 cm³/mol. The maximum absolute atomic E-state index is 12.1. The van der Waals surface area contributed by atoms with Gasteiger partial charge in [-0.05, 0) is 29.4 Å². The molecule has 1 aliphatic heterocycles. The highest BCUT2D eigenvalue weighted by atomic mass is 16.2. The lowest BCUT2D eigenvalue weighted by Gasteiger charge is -2.26. The zero-order chi connectivity index (χ0) is 14.8. The van der Waals surface area contributed by atoms with Gasteiger partial charge in [-0.3, -0.25) is 4.79 Å². The number of rotatable bonds is 3. The molecule has 1 aliphatic rings. The maximum Gasteiger partial charge on any atom is 0.224 e. The molecule has 0 bridgehead atoms. The van der Waals surface area contributed by atoms with E-state index in [9.17, 15) is 4.79 Å². The van der Waals surface area contributed by atoms with Gasteiger partial charge >= 0.3 is 0 Å². The van der Waals surface area contributed by atoms with Crippen molar-refractivity contribution < 1.29 is 4.79 Å². The molecular weight excluding hydrogens is 248 g/mol. The normalized spacial score (nSPS) is 19.4. The Hall–Kier alpha value is -1.35. The van der Waals surface area contributed by atoms with Crippen molar-refractivity contribution in [1.29, 1.82) is 0 Å². The van der Waals surface area contributed by atoms with Crippen LogP contribution in [-0.2, 0) is 10.2 Å². The van der Waals surface area contributed by atoms with Gasteiger partial charge in [0.1, 0.15) is 0 Å². The number of amides is 1. The van der Waals surface area contributed by atoms with Crippen molar-refractivity contribution >= 4 is 5.91 Å². The quantitative estimate of drug-likeness (QED) is 0.921. The Morgan fingerprint density at radius 1 is 1.30 bits per heavy atom. The van der Waals surface area contributed by atoms with Gasteiger partial charge in [0.15, 0.2) is 0 Å². The van der Waals surface area contributed by atoms with Crippen molar-refractivity contribution in [3.05, 3.63) is 35.4 Å². The van der Waals surface area contributed by atoms with Crippen LogP contribution >= 0.6 is 0 Å². The molecule has 2 rings (SSSR count). The maximum atomic E-state index is 12.1. The first-order chi connectivity index (χ1) is 9.43. The number of hydrogen-bond acceptors (Lipinski definition) is 2. The van der Waals surface area contributed by atoms with E-state index < -0.39 is 0 Å². The minimum Gasteiger partial charge on any atom is -0.336 e.